The van der Waals surface area contributed by atoms with E-state index in [0.717, 1.165) is 16.6 Å². The number of nitrogens with zero attached hydrogens (tertiary/aromatic N) is 3. The molecule has 1 amide bonds. The summed E-state index contributed by atoms with van der Waals surface area (Å²) >= 11 is 0. The first-order valence-corrected chi connectivity index (χ1v) is 9.35. The smallest absolute Gasteiger partial charge is 0.248 e. The zero-order chi connectivity index (χ0) is 20.4. The SMILES string of the molecule is COc1cc(C=CC(=O)Nc2cnc3c(cnn3C(C)C)c2)cc2c1OCCO2. The molecule has 0 unspecified atom stereocenters. The second-order valence-electron chi connectivity index (χ2n) is 6.89. The predicted octanol–water partition coefficient (Wildman–Crippen LogP) is 3.44. The second kappa shape index (κ2) is 7.83. The molecule has 29 heavy (non-hydrogen) atoms. The van der Waals surface area contributed by atoms with E-state index in [0.29, 0.717) is 36.1 Å². The summed E-state index contributed by atoms with van der Waals surface area (Å²) in [4.78, 5) is 16.8. The average Bonchev–Trinajstić information content (AvgIpc) is 3.15. The van der Waals surface area contributed by atoms with Crippen LogP contribution in [0.25, 0.3) is 17.1 Å². The molecule has 8 heteroatoms. The number of fused-ring (bicyclic) bond motifs is 2. The van der Waals surface area contributed by atoms with E-state index in [-0.39, 0.29) is 11.9 Å². The number of nitrogens with one attached hydrogen (secondary N) is 1. The van der Waals surface area contributed by atoms with Gasteiger partial charge in [-0.3, -0.25) is 4.79 Å². The fourth-order valence-electron chi connectivity index (χ4n) is 3.13. The molecule has 0 fully saturated rings. The Labute approximate surface area is 168 Å². The van der Waals surface area contributed by atoms with Crippen LogP contribution in [0.15, 0.2) is 36.7 Å². The van der Waals surface area contributed by atoms with Crippen molar-refractivity contribution in [1.82, 2.24) is 14.8 Å². The molecule has 1 aliphatic heterocycles. The number of ether oxygens (including phenoxy) is 3. The van der Waals surface area contributed by atoms with E-state index in [1.165, 1.54) is 6.08 Å². The van der Waals surface area contributed by atoms with Crippen molar-refractivity contribution in [2.45, 2.75) is 19.9 Å². The molecule has 0 saturated heterocycles. The van der Waals surface area contributed by atoms with Crippen LogP contribution in [0.1, 0.15) is 25.5 Å². The highest BCUT2D eigenvalue weighted by Gasteiger charge is 2.17. The van der Waals surface area contributed by atoms with Crippen molar-refractivity contribution in [2.75, 3.05) is 25.6 Å². The Balaban J connectivity index is 1.50. The van der Waals surface area contributed by atoms with Gasteiger partial charge in [-0.2, -0.15) is 5.10 Å². The molecule has 0 radical (unpaired) electrons. The normalized spacial score (nSPS) is 13.2. The fourth-order valence-corrected chi connectivity index (χ4v) is 3.13. The summed E-state index contributed by atoms with van der Waals surface area (Å²) in [7, 11) is 1.57. The Bertz CT molecular complexity index is 1070. The van der Waals surface area contributed by atoms with E-state index >= 15 is 0 Å². The minimum atomic E-state index is -0.267. The van der Waals surface area contributed by atoms with Crippen molar-refractivity contribution >= 4 is 28.7 Å². The van der Waals surface area contributed by atoms with E-state index in [4.69, 9.17) is 14.2 Å². The second-order valence-corrected chi connectivity index (χ2v) is 6.89. The van der Waals surface area contributed by atoms with Gasteiger partial charge in [0.05, 0.1) is 25.2 Å². The van der Waals surface area contributed by atoms with Gasteiger partial charge < -0.3 is 19.5 Å². The number of carbonyl (C=O) groups is 1. The van der Waals surface area contributed by atoms with E-state index in [1.807, 2.05) is 30.7 Å². The molecule has 0 atom stereocenters. The van der Waals surface area contributed by atoms with Gasteiger partial charge in [-0.1, -0.05) is 0 Å². The summed E-state index contributed by atoms with van der Waals surface area (Å²) in [6.07, 6.45) is 6.52. The summed E-state index contributed by atoms with van der Waals surface area (Å²) < 4.78 is 18.4. The Morgan fingerprint density at radius 2 is 2.07 bits per heavy atom. The number of amides is 1. The highest BCUT2D eigenvalue weighted by molar-refractivity contribution is 6.02. The van der Waals surface area contributed by atoms with Crippen LogP contribution in [0.5, 0.6) is 17.2 Å². The van der Waals surface area contributed by atoms with Crippen molar-refractivity contribution in [2.24, 2.45) is 0 Å². The molecule has 0 bridgehead atoms. The number of rotatable bonds is 5. The lowest BCUT2D eigenvalue weighted by atomic mass is 10.1. The third-order valence-electron chi connectivity index (χ3n) is 4.47. The first-order valence-electron chi connectivity index (χ1n) is 9.35. The first kappa shape index (κ1) is 18.8. The van der Waals surface area contributed by atoms with Crippen LogP contribution in [-0.2, 0) is 4.79 Å². The number of methoxy groups -OCH3 is 1. The monoisotopic (exact) mass is 394 g/mol. The summed E-state index contributed by atoms with van der Waals surface area (Å²) in [5, 5.41) is 8.03. The molecule has 0 saturated carbocycles. The van der Waals surface area contributed by atoms with Crippen LogP contribution < -0.4 is 19.5 Å². The van der Waals surface area contributed by atoms with Gasteiger partial charge >= 0.3 is 0 Å². The molecular formula is C21H22N4O4. The van der Waals surface area contributed by atoms with Gasteiger partial charge in [0.1, 0.15) is 13.2 Å². The largest absolute Gasteiger partial charge is 0.493 e. The zero-order valence-electron chi connectivity index (χ0n) is 16.5. The third-order valence-corrected chi connectivity index (χ3v) is 4.47. The van der Waals surface area contributed by atoms with E-state index < -0.39 is 0 Å². The third kappa shape index (κ3) is 3.87. The number of hydrogen-bond donors (Lipinski definition) is 1. The first-order chi connectivity index (χ1) is 14.0. The lowest BCUT2D eigenvalue weighted by molar-refractivity contribution is -0.111. The molecule has 0 spiro atoms. The summed E-state index contributed by atoms with van der Waals surface area (Å²) in [5.41, 5.74) is 2.17. The standard InChI is InChI=1S/C21H22N4O4/c1-13(2)25-21-15(11-23-25)10-16(12-22-21)24-19(26)5-4-14-8-17(27-3)20-18(9-14)28-6-7-29-20/h4-5,8-13H,6-7H2,1-3H3,(H,24,26). The quantitative estimate of drug-likeness (QED) is 0.667. The van der Waals surface area contributed by atoms with Crippen LogP contribution in [-0.4, -0.2) is 41.0 Å². The highest BCUT2D eigenvalue weighted by atomic mass is 16.6. The van der Waals surface area contributed by atoms with Crippen LogP contribution in [0.4, 0.5) is 5.69 Å². The Hall–Kier alpha value is -3.55. The molecule has 8 nitrogen and oxygen atoms in total. The number of pyridine rings is 1. The number of benzene rings is 1. The maximum absolute atomic E-state index is 12.3. The maximum Gasteiger partial charge on any atom is 0.248 e. The van der Waals surface area contributed by atoms with Crippen LogP contribution in [0, 0.1) is 0 Å². The van der Waals surface area contributed by atoms with Gasteiger partial charge in [0, 0.05) is 17.5 Å². The lowest BCUT2D eigenvalue weighted by Crippen LogP contribution is -2.16. The predicted molar refractivity (Wildman–Crippen MR) is 110 cm³/mol. The van der Waals surface area contributed by atoms with Crippen LogP contribution in [0.3, 0.4) is 0 Å². The van der Waals surface area contributed by atoms with Gasteiger partial charge in [0.15, 0.2) is 17.1 Å². The number of aromatic nitrogens is 3. The molecular weight excluding hydrogens is 372 g/mol. The number of anilines is 1. The van der Waals surface area contributed by atoms with Crippen molar-refractivity contribution < 1.29 is 19.0 Å². The topological polar surface area (TPSA) is 87.5 Å². The zero-order valence-corrected chi connectivity index (χ0v) is 16.5. The Kier molecular flexibility index (Phi) is 5.07. The molecule has 3 aromatic rings. The lowest BCUT2D eigenvalue weighted by Gasteiger charge is -2.20. The average molecular weight is 394 g/mol. The Morgan fingerprint density at radius 3 is 2.86 bits per heavy atom. The molecule has 1 aromatic carbocycles. The van der Waals surface area contributed by atoms with Crippen LogP contribution >= 0.6 is 0 Å². The van der Waals surface area contributed by atoms with E-state index in [1.54, 1.807) is 31.6 Å². The number of carbonyl (C=O) groups excluding carboxylic acids is 1. The minimum absolute atomic E-state index is 0.214. The fraction of sp³-hybridized carbons (Fsp3) is 0.286. The summed E-state index contributed by atoms with van der Waals surface area (Å²) in [5.74, 6) is 1.49. The highest BCUT2D eigenvalue weighted by Crippen LogP contribution is 2.40. The van der Waals surface area contributed by atoms with Crippen molar-refractivity contribution in [3.8, 4) is 17.2 Å². The summed E-state index contributed by atoms with van der Waals surface area (Å²) in [6.45, 7) is 5.05. The molecule has 0 aliphatic carbocycles. The molecule has 150 valence electrons. The van der Waals surface area contributed by atoms with Gasteiger partial charge in [0.2, 0.25) is 11.7 Å². The van der Waals surface area contributed by atoms with Crippen molar-refractivity contribution in [1.29, 1.82) is 0 Å². The van der Waals surface area contributed by atoms with Crippen molar-refractivity contribution in [3.63, 3.8) is 0 Å². The summed E-state index contributed by atoms with van der Waals surface area (Å²) in [6, 6.07) is 5.68. The van der Waals surface area contributed by atoms with Crippen molar-refractivity contribution in [3.05, 3.63) is 42.2 Å². The van der Waals surface area contributed by atoms with Gasteiger partial charge in [-0.05, 0) is 43.7 Å². The van der Waals surface area contributed by atoms with E-state index in [2.05, 4.69) is 15.4 Å². The van der Waals surface area contributed by atoms with Gasteiger partial charge in [-0.15, -0.1) is 0 Å². The maximum atomic E-state index is 12.3. The molecule has 1 N–H and O–H groups in total. The van der Waals surface area contributed by atoms with Gasteiger partial charge in [0.25, 0.3) is 0 Å². The van der Waals surface area contributed by atoms with Gasteiger partial charge in [-0.25, -0.2) is 9.67 Å². The van der Waals surface area contributed by atoms with Crippen LogP contribution in [0.2, 0.25) is 0 Å². The van der Waals surface area contributed by atoms with E-state index in [9.17, 15) is 4.79 Å². The molecule has 1 aliphatic rings. The number of hydrogen-bond acceptors (Lipinski definition) is 6. The molecule has 2 aromatic heterocycles. The minimum Gasteiger partial charge on any atom is -0.493 e. The Morgan fingerprint density at radius 1 is 1.24 bits per heavy atom. The molecule has 4 rings (SSSR count). The molecule has 3 heterocycles.